The van der Waals surface area contributed by atoms with E-state index in [4.69, 9.17) is 9.47 Å². The Morgan fingerprint density at radius 3 is 1.93 bits per heavy atom. The molecule has 0 aliphatic heterocycles. The molecule has 5 heteroatoms. The van der Waals surface area contributed by atoms with Crippen molar-refractivity contribution >= 4 is 5.91 Å². The molecule has 0 aliphatic rings. The SMILES string of the molecule is COc1ccc(CNC(=O)[C@@H](C)NC(c2ccccc2)c2ccccc2)cc1OC. The fourth-order valence-corrected chi connectivity index (χ4v) is 3.33. The maximum Gasteiger partial charge on any atom is 0.237 e. The molecule has 0 unspecified atom stereocenters. The van der Waals surface area contributed by atoms with Gasteiger partial charge in [-0.1, -0.05) is 66.7 Å². The lowest BCUT2D eigenvalue weighted by Gasteiger charge is -2.24. The maximum absolute atomic E-state index is 12.8. The van der Waals surface area contributed by atoms with Crippen LogP contribution in [0.25, 0.3) is 0 Å². The van der Waals surface area contributed by atoms with Gasteiger partial charge in [0, 0.05) is 6.54 Å². The fourth-order valence-electron chi connectivity index (χ4n) is 3.33. The van der Waals surface area contributed by atoms with Gasteiger partial charge in [-0.3, -0.25) is 10.1 Å². The van der Waals surface area contributed by atoms with Crippen LogP contribution >= 0.6 is 0 Å². The minimum absolute atomic E-state index is 0.0679. The van der Waals surface area contributed by atoms with Gasteiger partial charge in [-0.2, -0.15) is 0 Å². The molecule has 5 nitrogen and oxygen atoms in total. The highest BCUT2D eigenvalue weighted by atomic mass is 16.5. The molecule has 0 aromatic heterocycles. The summed E-state index contributed by atoms with van der Waals surface area (Å²) in [7, 11) is 3.20. The van der Waals surface area contributed by atoms with Crippen LogP contribution in [0, 0.1) is 0 Å². The molecular weight excluding hydrogens is 376 g/mol. The van der Waals surface area contributed by atoms with E-state index in [1.165, 1.54) is 0 Å². The van der Waals surface area contributed by atoms with Crippen molar-refractivity contribution in [2.45, 2.75) is 25.6 Å². The number of carbonyl (C=O) groups excluding carboxylic acids is 1. The minimum Gasteiger partial charge on any atom is -0.493 e. The van der Waals surface area contributed by atoms with Gasteiger partial charge < -0.3 is 14.8 Å². The van der Waals surface area contributed by atoms with Gasteiger partial charge in [0.05, 0.1) is 26.3 Å². The predicted molar refractivity (Wildman–Crippen MR) is 119 cm³/mol. The second kappa shape index (κ2) is 10.5. The van der Waals surface area contributed by atoms with E-state index in [0.717, 1.165) is 16.7 Å². The largest absolute Gasteiger partial charge is 0.493 e. The summed E-state index contributed by atoms with van der Waals surface area (Å²) in [4.78, 5) is 12.8. The van der Waals surface area contributed by atoms with E-state index in [-0.39, 0.29) is 18.0 Å². The van der Waals surface area contributed by atoms with Crippen molar-refractivity contribution in [3.05, 3.63) is 95.6 Å². The second-order valence-electron chi connectivity index (χ2n) is 7.05. The third kappa shape index (κ3) is 5.39. The van der Waals surface area contributed by atoms with E-state index in [1.807, 2.05) is 61.5 Å². The van der Waals surface area contributed by atoms with Crippen LogP contribution in [0.4, 0.5) is 0 Å². The molecule has 0 radical (unpaired) electrons. The highest BCUT2D eigenvalue weighted by Crippen LogP contribution is 2.27. The Hall–Kier alpha value is -3.31. The van der Waals surface area contributed by atoms with Crippen molar-refractivity contribution in [1.82, 2.24) is 10.6 Å². The Labute approximate surface area is 178 Å². The number of benzene rings is 3. The number of hydrogen-bond acceptors (Lipinski definition) is 4. The average molecular weight is 405 g/mol. The number of nitrogens with one attached hydrogen (secondary N) is 2. The lowest BCUT2D eigenvalue weighted by Crippen LogP contribution is -2.43. The van der Waals surface area contributed by atoms with Gasteiger partial charge in [-0.15, -0.1) is 0 Å². The van der Waals surface area contributed by atoms with Crippen LogP contribution in [-0.2, 0) is 11.3 Å². The maximum atomic E-state index is 12.8. The van der Waals surface area contributed by atoms with Crippen LogP contribution in [0.5, 0.6) is 11.5 Å². The molecule has 0 saturated heterocycles. The number of hydrogen-bond donors (Lipinski definition) is 2. The van der Waals surface area contributed by atoms with Crippen molar-refractivity contribution < 1.29 is 14.3 Å². The first-order valence-electron chi connectivity index (χ1n) is 9.97. The highest BCUT2D eigenvalue weighted by Gasteiger charge is 2.20. The molecular formula is C25H28N2O3. The Morgan fingerprint density at radius 2 is 1.40 bits per heavy atom. The summed E-state index contributed by atoms with van der Waals surface area (Å²) < 4.78 is 10.6. The third-order valence-corrected chi connectivity index (χ3v) is 4.99. The average Bonchev–Trinajstić information content (AvgIpc) is 2.81. The fraction of sp³-hybridized carbons (Fsp3) is 0.240. The molecule has 0 fully saturated rings. The van der Waals surface area contributed by atoms with Crippen molar-refractivity contribution in [1.29, 1.82) is 0 Å². The first-order chi connectivity index (χ1) is 14.6. The molecule has 0 saturated carbocycles. The van der Waals surface area contributed by atoms with Crippen LogP contribution in [0.1, 0.15) is 29.7 Å². The summed E-state index contributed by atoms with van der Waals surface area (Å²) in [6, 6.07) is 25.5. The Kier molecular flexibility index (Phi) is 7.46. The topological polar surface area (TPSA) is 59.6 Å². The molecule has 3 aromatic rings. The van der Waals surface area contributed by atoms with Crippen molar-refractivity contribution in [2.75, 3.05) is 14.2 Å². The number of carbonyl (C=O) groups is 1. The molecule has 0 heterocycles. The molecule has 2 N–H and O–H groups in total. The Morgan fingerprint density at radius 1 is 0.833 bits per heavy atom. The lowest BCUT2D eigenvalue weighted by atomic mass is 9.98. The van der Waals surface area contributed by atoms with Crippen LogP contribution in [-0.4, -0.2) is 26.2 Å². The van der Waals surface area contributed by atoms with Gasteiger partial charge in [-0.25, -0.2) is 0 Å². The highest BCUT2D eigenvalue weighted by molar-refractivity contribution is 5.81. The standard InChI is InChI=1S/C25H28N2O3/c1-18(25(28)26-17-19-14-15-22(29-2)23(16-19)30-3)27-24(20-10-6-4-7-11-20)21-12-8-5-9-13-21/h4-16,18,24,27H,17H2,1-3H3,(H,26,28)/t18-/m1/s1. The van der Waals surface area contributed by atoms with Gasteiger partial charge in [-0.05, 0) is 35.7 Å². The van der Waals surface area contributed by atoms with Gasteiger partial charge in [0.25, 0.3) is 0 Å². The smallest absolute Gasteiger partial charge is 0.237 e. The number of methoxy groups -OCH3 is 2. The Bertz CT molecular complexity index is 906. The molecule has 3 rings (SSSR count). The predicted octanol–water partition coefficient (Wildman–Crippen LogP) is 4.09. The first-order valence-corrected chi connectivity index (χ1v) is 9.97. The summed E-state index contributed by atoms with van der Waals surface area (Å²) >= 11 is 0. The van der Waals surface area contributed by atoms with E-state index >= 15 is 0 Å². The van der Waals surface area contributed by atoms with E-state index in [0.29, 0.717) is 18.0 Å². The van der Waals surface area contributed by atoms with E-state index in [9.17, 15) is 4.79 Å². The van der Waals surface area contributed by atoms with Crippen LogP contribution < -0.4 is 20.1 Å². The van der Waals surface area contributed by atoms with Crippen molar-refractivity contribution in [2.24, 2.45) is 0 Å². The van der Waals surface area contributed by atoms with Crippen LogP contribution in [0.2, 0.25) is 0 Å². The quantitative estimate of drug-likeness (QED) is 0.564. The van der Waals surface area contributed by atoms with E-state index in [1.54, 1.807) is 14.2 Å². The molecule has 156 valence electrons. The molecule has 0 aliphatic carbocycles. The molecule has 30 heavy (non-hydrogen) atoms. The van der Waals surface area contributed by atoms with Crippen LogP contribution in [0.15, 0.2) is 78.9 Å². The molecule has 3 aromatic carbocycles. The molecule has 1 atom stereocenters. The number of ether oxygens (including phenoxy) is 2. The normalized spacial score (nSPS) is 11.7. The zero-order valence-corrected chi connectivity index (χ0v) is 17.6. The van der Waals surface area contributed by atoms with Crippen LogP contribution in [0.3, 0.4) is 0 Å². The summed E-state index contributed by atoms with van der Waals surface area (Å²) in [6.45, 7) is 2.29. The summed E-state index contributed by atoms with van der Waals surface area (Å²) in [5, 5.41) is 6.47. The van der Waals surface area contributed by atoms with Gasteiger partial charge in [0.2, 0.25) is 5.91 Å². The summed E-state index contributed by atoms with van der Waals surface area (Å²) in [5.74, 6) is 1.24. The number of amides is 1. The Balaban J connectivity index is 1.67. The first kappa shape index (κ1) is 21.4. The van der Waals surface area contributed by atoms with E-state index in [2.05, 4.69) is 34.9 Å². The molecule has 0 bridgehead atoms. The minimum atomic E-state index is -0.379. The summed E-state index contributed by atoms with van der Waals surface area (Å²) in [5.41, 5.74) is 3.17. The summed E-state index contributed by atoms with van der Waals surface area (Å²) in [6.07, 6.45) is 0. The van der Waals surface area contributed by atoms with Gasteiger partial charge >= 0.3 is 0 Å². The van der Waals surface area contributed by atoms with Crippen molar-refractivity contribution in [3.63, 3.8) is 0 Å². The monoisotopic (exact) mass is 404 g/mol. The zero-order valence-electron chi connectivity index (χ0n) is 17.6. The van der Waals surface area contributed by atoms with Gasteiger partial charge in [0.15, 0.2) is 11.5 Å². The zero-order chi connectivity index (χ0) is 21.3. The van der Waals surface area contributed by atoms with Gasteiger partial charge in [0.1, 0.15) is 0 Å². The lowest BCUT2D eigenvalue weighted by molar-refractivity contribution is -0.123. The van der Waals surface area contributed by atoms with Crippen molar-refractivity contribution in [3.8, 4) is 11.5 Å². The third-order valence-electron chi connectivity index (χ3n) is 4.99. The second-order valence-corrected chi connectivity index (χ2v) is 7.05. The number of rotatable bonds is 9. The van der Waals surface area contributed by atoms with E-state index < -0.39 is 0 Å². The molecule has 0 spiro atoms. The molecule has 1 amide bonds.